The minimum Gasteiger partial charge on any atom is -0.409 e. The highest BCUT2D eigenvalue weighted by molar-refractivity contribution is 6.11. The monoisotopic (exact) mass is 305 g/mol. The minimum absolute atomic E-state index is 0.0839. The largest absolute Gasteiger partial charge is 0.573 e. The van der Waals surface area contributed by atoms with Gasteiger partial charge in [0, 0.05) is 11.8 Å². The summed E-state index contributed by atoms with van der Waals surface area (Å²) in [6.45, 7) is 2.79. The van der Waals surface area contributed by atoms with Gasteiger partial charge in [-0.1, -0.05) is 11.2 Å². The van der Waals surface area contributed by atoms with E-state index in [4.69, 9.17) is 10.9 Å². The molecule has 4 N–H and O–H groups in total. The summed E-state index contributed by atoms with van der Waals surface area (Å²) in [6.07, 6.45) is -4.82. The first-order valence-electron chi connectivity index (χ1n) is 5.71. The molecule has 0 aliphatic rings. The molecular weight excluding hydrogens is 291 g/mol. The molecular formula is C12H14F3N3O3. The molecule has 9 heteroatoms. The van der Waals surface area contributed by atoms with Gasteiger partial charge in [0.1, 0.15) is 11.2 Å². The number of nitrogens with one attached hydrogen (secondary N) is 1. The zero-order valence-corrected chi connectivity index (χ0v) is 11.2. The zero-order chi connectivity index (χ0) is 16.3. The Morgan fingerprint density at radius 1 is 1.38 bits per heavy atom. The first-order chi connectivity index (χ1) is 9.56. The first kappa shape index (κ1) is 16.6. The Kier molecular flexibility index (Phi) is 4.66. The van der Waals surface area contributed by atoms with Gasteiger partial charge in [-0.15, -0.1) is 13.2 Å². The van der Waals surface area contributed by atoms with Gasteiger partial charge in [-0.25, -0.2) is 0 Å². The van der Waals surface area contributed by atoms with Crippen molar-refractivity contribution >= 4 is 17.4 Å². The van der Waals surface area contributed by atoms with E-state index in [1.807, 2.05) is 0 Å². The fourth-order valence-corrected chi connectivity index (χ4v) is 1.30. The second-order valence-electron chi connectivity index (χ2n) is 4.64. The van der Waals surface area contributed by atoms with Crippen LogP contribution in [0.1, 0.15) is 13.8 Å². The van der Waals surface area contributed by atoms with E-state index in [1.165, 1.54) is 26.0 Å². The number of nitrogens with two attached hydrogens (primary N) is 1. The summed E-state index contributed by atoms with van der Waals surface area (Å²) in [7, 11) is 0. The molecule has 0 bridgehead atoms. The lowest BCUT2D eigenvalue weighted by molar-refractivity contribution is -0.274. The molecule has 0 unspecified atom stereocenters. The first-order valence-corrected chi connectivity index (χ1v) is 5.71. The number of carbonyl (C=O) groups excluding carboxylic acids is 1. The second kappa shape index (κ2) is 5.90. The van der Waals surface area contributed by atoms with Crippen molar-refractivity contribution < 1.29 is 27.9 Å². The highest BCUT2D eigenvalue weighted by Gasteiger charge is 2.33. The maximum atomic E-state index is 12.1. The number of oxime groups is 1. The number of hydrogen-bond donors (Lipinski definition) is 3. The average molecular weight is 305 g/mol. The van der Waals surface area contributed by atoms with Gasteiger partial charge in [0.05, 0.1) is 0 Å². The van der Waals surface area contributed by atoms with Crippen molar-refractivity contribution in [3.05, 3.63) is 24.3 Å². The van der Waals surface area contributed by atoms with E-state index < -0.39 is 23.4 Å². The van der Waals surface area contributed by atoms with E-state index in [-0.39, 0.29) is 11.5 Å². The Labute approximate surface area is 118 Å². The van der Waals surface area contributed by atoms with Gasteiger partial charge in [-0.3, -0.25) is 4.79 Å². The van der Waals surface area contributed by atoms with E-state index in [9.17, 15) is 18.0 Å². The van der Waals surface area contributed by atoms with E-state index in [2.05, 4.69) is 15.2 Å². The summed E-state index contributed by atoms with van der Waals surface area (Å²) in [5, 5.41) is 13.7. The fourth-order valence-electron chi connectivity index (χ4n) is 1.30. The Hall–Kier alpha value is -2.45. The fraction of sp³-hybridized carbons (Fsp3) is 0.333. The van der Waals surface area contributed by atoms with Gasteiger partial charge >= 0.3 is 6.36 Å². The zero-order valence-electron chi connectivity index (χ0n) is 11.2. The molecule has 0 aliphatic carbocycles. The summed E-state index contributed by atoms with van der Waals surface area (Å²) in [5.41, 5.74) is 4.13. The second-order valence-corrected chi connectivity index (χ2v) is 4.64. The molecule has 0 spiro atoms. The lowest BCUT2D eigenvalue weighted by atomic mass is 9.91. The standard InChI is InChI=1S/C12H14F3N3O3/c1-11(2,9(16)18-20)10(19)17-7-4-3-5-8(6-7)21-12(13,14)15/h3-6,20H,1-2H3,(H2,16,18)(H,17,19). The predicted molar refractivity (Wildman–Crippen MR) is 68.9 cm³/mol. The van der Waals surface area contributed by atoms with Crippen molar-refractivity contribution in [3.8, 4) is 5.75 Å². The van der Waals surface area contributed by atoms with Crippen molar-refractivity contribution in [1.82, 2.24) is 0 Å². The van der Waals surface area contributed by atoms with E-state index in [0.717, 1.165) is 12.1 Å². The molecule has 0 saturated heterocycles. The average Bonchev–Trinajstić information content (AvgIpc) is 2.35. The van der Waals surface area contributed by atoms with Crippen LogP contribution >= 0.6 is 0 Å². The number of benzene rings is 1. The van der Waals surface area contributed by atoms with Gasteiger partial charge in [-0.2, -0.15) is 0 Å². The SMILES string of the molecule is CC(C)(C(=O)Nc1cccc(OC(F)(F)F)c1)C(N)=NO. The van der Waals surface area contributed by atoms with Gasteiger partial charge in [-0.05, 0) is 26.0 Å². The van der Waals surface area contributed by atoms with Gasteiger partial charge < -0.3 is 21.0 Å². The van der Waals surface area contributed by atoms with E-state index >= 15 is 0 Å². The molecule has 21 heavy (non-hydrogen) atoms. The molecule has 0 fully saturated rings. The Balaban J connectivity index is 2.89. The van der Waals surface area contributed by atoms with Crippen LogP contribution in [0, 0.1) is 5.41 Å². The van der Waals surface area contributed by atoms with Crippen molar-refractivity contribution in [2.75, 3.05) is 5.32 Å². The molecule has 0 atom stereocenters. The van der Waals surface area contributed by atoms with Crippen LogP contribution in [0.2, 0.25) is 0 Å². The summed E-state index contributed by atoms with van der Waals surface area (Å²) in [6, 6.07) is 4.77. The van der Waals surface area contributed by atoms with E-state index in [0.29, 0.717) is 0 Å². The summed E-state index contributed by atoms with van der Waals surface area (Å²) in [4.78, 5) is 12.0. The number of halogens is 3. The van der Waals surface area contributed by atoms with Gasteiger partial charge in [0.15, 0.2) is 5.84 Å². The third kappa shape index (κ3) is 4.55. The molecule has 0 radical (unpaired) electrons. The molecule has 0 heterocycles. The molecule has 1 amide bonds. The molecule has 116 valence electrons. The number of carbonyl (C=O) groups is 1. The number of rotatable bonds is 4. The van der Waals surface area contributed by atoms with Gasteiger partial charge in [0.2, 0.25) is 5.91 Å². The molecule has 0 aliphatic heterocycles. The molecule has 1 aromatic rings. The van der Waals surface area contributed by atoms with Crippen LogP contribution in [0.5, 0.6) is 5.75 Å². The number of amides is 1. The number of nitrogens with zero attached hydrogens (tertiary/aromatic N) is 1. The van der Waals surface area contributed by atoms with Crippen LogP contribution in [-0.4, -0.2) is 23.3 Å². The Morgan fingerprint density at radius 2 is 2.00 bits per heavy atom. The van der Waals surface area contributed by atoms with E-state index in [1.54, 1.807) is 0 Å². The predicted octanol–water partition coefficient (Wildman–Crippen LogP) is 2.30. The number of amidine groups is 1. The molecule has 0 aromatic heterocycles. The van der Waals surface area contributed by atoms with Gasteiger partial charge in [0.25, 0.3) is 0 Å². The lowest BCUT2D eigenvalue weighted by Crippen LogP contribution is -2.42. The maximum Gasteiger partial charge on any atom is 0.573 e. The van der Waals surface area contributed by atoms with Crippen LogP contribution in [0.3, 0.4) is 0 Å². The van der Waals surface area contributed by atoms with Crippen LogP contribution in [0.4, 0.5) is 18.9 Å². The smallest absolute Gasteiger partial charge is 0.409 e. The quantitative estimate of drug-likeness (QED) is 0.344. The number of anilines is 1. The summed E-state index contributed by atoms with van der Waals surface area (Å²) in [5.74, 6) is -1.45. The van der Waals surface area contributed by atoms with Crippen molar-refractivity contribution in [1.29, 1.82) is 0 Å². The lowest BCUT2D eigenvalue weighted by Gasteiger charge is -2.22. The molecule has 1 aromatic carbocycles. The maximum absolute atomic E-state index is 12.1. The Bertz CT molecular complexity index is 556. The highest BCUT2D eigenvalue weighted by Crippen LogP contribution is 2.26. The minimum atomic E-state index is -4.82. The van der Waals surface area contributed by atoms with Crippen LogP contribution in [0.15, 0.2) is 29.4 Å². The highest BCUT2D eigenvalue weighted by atomic mass is 19.4. The molecule has 1 rings (SSSR count). The van der Waals surface area contributed by atoms with Crippen LogP contribution in [0.25, 0.3) is 0 Å². The van der Waals surface area contributed by atoms with Crippen molar-refractivity contribution in [3.63, 3.8) is 0 Å². The van der Waals surface area contributed by atoms with Crippen molar-refractivity contribution in [2.24, 2.45) is 16.3 Å². The third-order valence-corrected chi connectivity index (χ3v) is 2.64. The van der Waals surface area contributed by atoms with Crippen molar-refractivity contribution in [2.45, 2.75) is 20.2 Å². The Morgan fingerprint density at radius 3 is 2.52 bits per heavy atom. The number of hydrogen-bond acceptors (Lipinski definition) is 4. The topological polar surface area (TPSA) is 96.9 Å². The molecule has 0 saturated carbocycles. The van der Waals surface area contributed by atoms with Crippen LogP contribution < -0.4 is 15.8 Å². The van der Waals surface area contributed by atoms with Crippen LogP contribution in [-0.2, 0) is 4.79 Å². The number of ether oxygens (including phenoxy) is 1. The summed E-state index contributed by atoms with van der Waals surface area (Å²) < 4.78 is 40.1. The summed E-state index contributed by atoms with van der Waals surface area (Å²) >= 11 is 0. The number of alkyl halides is 3. The third-order valence-electron chi connectivity index (χ3n) is 2.64. The normalized spacial score (nSPS) is 12.9. The molecule has 6 nitrogen and oxygen atoms in total.